The molecule has 0 bridgehead atoms. The summed E-state index contributed by atoms with van der Waals surface area (Å²) in [5.74, 6) is -2.42. The zero-order valence-electron chi connectivity index (χ0n) is 8.76. The molecule has 1 heterocycles. The number of hydrogen-bond acceptors (Lipinski definition) is 5. The lowest BCUT2D eigenvalue weighted by Crippen LogP contribution is -2.16. The Hall–Kier alpha value is -2.18. The van der Waals surface area contributed by atoms with Crippen LogP contribution in [-0.4, -0.2) is 39.5 Å². The Morgan fingerprint density at radius 1 is 1.50 bits per heavy atom. The maximum absolute atomic E-state index is 11.2. The summed E-state index contributed by atoms with van der Waals surface area (Å²) in [5.41, 5.74) is -0.654. The summed E-state index contributed by atoms with van der Waals surface area (Å²) in [6.45, 7) is 1.16. The Morgan fingerprint density at radius 3 is 2.56 bits per heavy atom. The fraction of sp³-hybridized carbons (Fsp3) is 0.333. The number of imidazole rings is 1. The highest BCUT2D eigenvalue weighted by atomic mass is 16.5. The number of nitrogens with zero attached hydrogens (tertiary/aromatic N) is 2. The van der Waals surface area contributed by atoms with Crippen LogP contribution >= 0.6 is 0 Å². The monoisotopic (exact) mass is 226 g/mol. The third-order valence-electron chi connectivity index (χ3n) is 1.81. The van der Waals surface area contributed by atoms with E-state index in [9.17, 15) is 14.4 Å². The molecule has 16 heavy (non-hydrogen) atoms. The summed E-state index contributed by atoms with van der Waals surface area (Å²) >= 11 is 0. The number of esters is 1. The van der Waals surface area contributed by atoms with E-state index in [4.69, 9.17) is 5.11 Å². The van der Waals surface area contributed by atoms with Gasteiger partial charge in [-0.15, -0.1) is 0 Å². The molecule has 0 atom stereocenters. The van der Waals surface area contributed by atoms with Crippen molar-refractivity contribution in [3.8, 4) is 0 Å². The lowest BCUT2D eigenvalue weighted by molar-refractivity contribution is -0.117. The average Bonchev–Trinajstić information content (AvgIpc) is 2.59. The molecule has 0 aliphatic heterocycles. The van der Waals surface area contributed by atoms with E-state index in [0.717, 1.165) is 18.0 Å². The zero-order chi connectivity index (χ0) is 12.3. The third kappa shape index (κ3) is 2.25. The number of carbonyl (C=O) groups is 3. The topological polar surface area (TPSA) is 98.5 Å². The van der Waals surface area contributed by atoms with Crippen LogP contribution in [0.2, 0.25) is 0 Å². The van der Waals surface area contributed by atoms with Crippen LogP contribution < -0.4 is 0 Å². The molecule has 1 rings (SSSR count). The molecule has 0 spiro atoms. The van der Waals surface area contributed by atoms with E-state index >= 15 is 0 Å². The van der Waals surface area contributed by atoms with Crippen molar-refractivity contribution >= 4 is 17.7 Å². The fourth-order valence-electron chi connectivity index (χ4n) is 1.21. The van der Waals surface area contributed by atoms with Gasteiger partial charge < -0.3 is 14.4 Å². The van der Waals surface area contributed by atoms with Crippen molar-refractivity contribution in [2.45, 2.75) is 13.5 Å². The number of Topliss-reactive ketones (excluding diaryl/α,β-unsaturated/α-hetero) is 1. The minimum absolute atomic E-state index is 0.147. The number of rotatable bonds is 4. The molecule has 7 nitrogen and oxygen atoms in total. The average molecular weight is 226 g/mol. The minimum atomic E-state index is -1.33. The van der Waals surface area contributed by atoms with Gasteiger partial charge in [0.1, 0.15) is 5.78 Å². The zero-order valence-corrected chi connectivity index (χ0v) is 8.76. The number of carboxylic acid groups (broad SMARTS) is 1. The molecule has 0 aliphatic carbocycles. The van der Waals surface area contributed by atoms with E-state index in [-0.39, 0.29) is 23.7 Å². The summed E-state index contributed by atoms with van der Waals surface area (Å²) in [7, 11) is 1.12. The van der Waals surface area contributed by atoms with E-state index in [1.807, 2.05) is 0 Å². The summed E-state index contributed by atoms with van der Waals surface area (Å²) in [6.07, 6.45) is 1.12. The van der Waals surface area contributed by atoms with Gasteiger partial charge >= 0.3 is 11.9 Å². The van der Waals surface area contributed by atoms with Crippen LogP contribution in [0, 0.1) is 0 Å². The van der Waals surface area contributed by atoms with E-state index in [1.165, 1.54) is 6.92 Å². The van der Waals surface area contributed by atoms with Crippen LogP contribution in [0.1, 0.15) is 27.9 Å². The van der Waals surface area contributed by atoms with Gasteiger partial charge in [0.15, 0.2) is 11.4 Å². The van der Waals surface area contributed by atoms with Gasteiger partial charge in [-0.25, -0.2) is 14.6 Å². The number of methoxy groups -OCH3 is 1. The molecule has 0 radical (unpaired) electrons. The lowest BCUT2D eigenvalue weighted by atomic mass is 10.3. The molecule has 0 aliphatic rings. The molecule has 7 heteroatoms. The molecular formula is C9H10N2O5. The van der Waals surface area contributed by atoms with Crippen molar-refractivity contribution < 1.29 is 24.2 Å². The first-order chi connectivity index (χ1) is 7.47. The standard InChI is InChI=1S/C9H10N2O5/c1-5(12)3-11-4-10-6(9(15)16-2)7(11)8(13)14/h4H,3H2,1-2H3,(H,13,14). The highest BCUT2D eigenvalue weighted by Gasteiger charge is 2.24. The maximum atomic E-state index is 11.2. The summed E-state index contributed by atoms with van der Waals surface area (Å²) in [6, 6.07) is 0. The van der Waals surface area contributed by atoms with Crippen molar-refractivity contribution in [2.24, 2.45) is 0 Å². The molecule has 0 saturated heterocycles. The Morgan fingerprint density at radius 2 is 2.12 bits per heavy atom. The van der Waals surface area contributed by atoms with Gasteiger partial charge in [-0.1, -0.05) is 0 Å². The molecule has 0 amide bonds. The predicted molar refractivity (Wildman–Crippen MR) is 51.2 cm³/mol. The first kappa shape index (κ1) is 11.9. The van der Waals surface area contributed by atoms with Crippen LogP contribution in [0.3, 0.4) is 0 Å². The summed E-state index contributed by atoms with van der Waals surface area (Å²) in [4.78, 5) is 36.6. The van der Waals surface area contributed by atoms with Gasteiger partial charge in [0.2, 0.25) is 0 Å². The predicted octanol–water partition coefficient (Wildman–Crippen LogP) is -0.0431. The number of ketones is 1. The molecule has 86 valence electrons. The molecule has 1 aromatic heterocycles. The normalized spacial score (nSPS) is 9.88. The van der Waals surface area contributed by atoms with Gasteiger partial charge in [0, 0.05) is 0 Å². The first-order valence-electron chi connectivity index (χ1n) is 4.33. The molecule has 0 aromatic carbocycles. The Kier molecular flexibility index (Phi) is 3.39. The van der Waals surface area contributed by atoms with Crippen LogP contribution in [0.15, 0.2) is 6.33 Å². The van der Waals surface area contributed by atoms with Crippen molar-refractivity contribution in [3.63, 3.8) is 0 Å². The Bertz CT molecular complexity index is 449. The van der Waals surface area contributed by atoms with E-state index in [1.54, 1.807) is 0 Å². The summed E-state index contributed by atoms with van der Waals surface area (Å²) in [5, 5.41) is 8.91. The van der Waals surface area contributed by atoms with Crippen molar-refractivity contribution in [1.29, 1.82) is 0 Å². The highest BCUT2D eigenvalue weighted by Crippen LogP contribution is 2.09. The second-order valence-electron chi connectivity index (χ2n) is 3.07. The minimum Gasteiger partial charge on any atom is -0.476 e. The van der Waals surface area contributed by atoms with Gasteiger partial charge in [-0.2, -0.15) is 0 Å². The Balaban J connectivity index is 3.22. The van der Waals surface area contributed by atoms with Crippen LogP contribution in [0.4, 0.5) is 0 Å². The lowest BCUT2D eigenvalue weighted by Gasteiger charge is -2.02. The molecule has 1 aromatic rings. The molecule has 1 N–H and O–H groups in total. The number of ether oxygens (including phenoxy) is 1. The maximum Gasteiger partial charge on any atom is 0.359 e. The van der Waals surface area contributed by atoms with Crippen LogP contribution in [-0.2, 0) is 16.1 Å². The van der Waals surface area contributed by atoms with Gasteiger partial charge in [-0.3, -0.25) is 4.79 Å². The second-order valence-corrected chi connectivity index (χ2v) is 3.07. The number of aromatic carboxylic acids is 1. The molecule has 0 saturated carbocycles. The van der Waals surface area contributed by atoms with Crippen LogP contribution in [0.25, 0.3) is 0 Å². The molecule has 0 fully saturated rings. The van der Waals surface area contributed by atoms with Crippen molar-refractivity contribution in [2.75, 3.05) is 7.11 Å². The SMILES string of the molecule is COC(=O)c1ncn(CC(C)=O)c1C(=O)O. The quantitative estimate of drug-likeness (QED) is 0.723. The largest absolute Gasteiger partial charge is 0.476 e. The van der Waals surface area contributed by atoms with Crippen LogP contribution in [0.5, 0.6) is 0 Å². The van der Waals surface area contributed by atoms with E-state index in [0.29, 0.717) is 0 Å². The van der Waals surface area contributed by atoms with Crippen molar-refractivity contribution in [1.82, 2.24) is 9.55 Å². The van der Waals surface area contributed by atoms with Gasteiger partial charge in [0.25, 0.3) is 0 Å². The molecule has 0 unspecified atom stereocenters. The highest BCUT2D eigenvalue weighted by molar-refractivity contribution is 6.00. The van der Waals surface area contributed by atoms with Gasteiger partial charge in [-0.05, 0) is 6.92 Å². The second kappa shape index (κ2) is 4.56. The first-order valence-corrected chi connectivity index (χ1v) is 4.33. The summed E-state index contributed by atoms with van der Waals surface area (Å²) < 4.78 is 5.48. The van der Waals surface area contributed by atoms with E-state index in [2.05, 4.69) is 9.72 Å². The van der Waals surface area contributed by atoms with Gasteiger partial charge in [0.05, 0.1) is 20.0 Å². The van der Waals surface area contributed by atoms with Crippen molar-refractivity contribution in [3.05, 3.63) is 17.7 Å². The molecular weight excluding hydrogens is 216 g/mol. The third-order valence-corrected chi connectivity index (χ3v) is 1.81. The number of carboxylic acids is 1. The van der Waals surface area contributed by atoms with E-state index < -0.39 is 11.9 Å². The smallest absolute Gasteiger partial charge is 0.359 e. The Labute approximate surface area is 90.7 Å². The number of hydrogen-bond donors (Lipinski definition) is 1. The number of aromatic nitrogens is 2. The fourth-order valence-corrected chi connectivity index (χ4v) is 1.21. The number of carbonyl (C=O) groups excluding carboxylic acids is 2.